The van der Waals surface area contributed by atoms with Crippen LogP contribution >= 0.6 is 0 Å². The minimum absolute atomic E-state index is 0.0322. The molecule has 0 amide bonds. The highest BCUT2D eigenvalue weighted by Crippen LogP contribution is 2.40. The SMILES string of the molecule is CCCC1CCC(c2ccc(-c3ccc(C(=O)C(C)(C)C)cc3)c(F)c2F)CC1. The van der Waals surface area contributed by atoms with Gasteiger partial charge in [-0.15, -0.1) is 0 Å². The first-order valence-electron chi connectivity index (χ1n) is 10.9. The van der Waals surface area contributed by atoms with Crippen molar-refractivity contribution in [2.24, 2.45) is 11.3 Å². The van der Waals surface area contributed by atoms with Gasteiger partial charge >= 0.3 is 0 Å². The predicted octanol–water partition coefficient (Wildman–Crippen LogP) is 7.93. The maximum absolute atomic E-state index is 14.9. The zero-order valence-electron chi connectivity index (χ0n) is 18.0. The quantitative estimate of drug-likeness (QED) is 0.467. The summed E-state index contributed by atoms with van der Waals surface area (Å²) in [6.45, 7) is 7.80. The molecule has 3 rings (SSSR count). The van der Waals surface area contributed by atoms with Crippen molar-refractivity contribution in [3.05, 3.63) is 59.2 Å². The second kappa shape index (κ2) is 8.77. The van der Waals surface area contributed by atoms with Crippen LogP contribution < -0.4 is 0 Å². The van der Waals surface area contributed by atoms with Crippen molar-refractivity contribution in [1.29, 1.82) is 0 Å². The van der Waals surface area contributed by atoms with Crippen LogP contribution in [0.3, 0.4) is 0 Å². The number of benzene rings is 2. The molecule has 0 spiro atoms. The second-order valence-corrected chi connectivity index (χ2v) is 9.49. The predicted molar refractivity (Wildman–Crippen MR) is 115 cm³/mol. The number of hydrogen-bond donors (Lipinski definition) is 0. The lowest BCUT2D eigenvalue weighted by Gasteiger charge is -2.29. The van der Waals surface area contributed by atoms with Crippen molar-refractivity contribution in [3.8, 4) is 11.1 Å². The molecule has 1 nitrogen and oxygen atoms in total. The van der Waals surface area contributed by atoms with E-state index in [1.807, 2.05) is 20.8 Å². The Labute approximate surface area is 173 Å². The van der Waals surface area contributed by atoms with Gasteiger partial charge in [-0.2, -0.15) is 0 Å². The molecule has 2 aromatic carbocycles. The fourth-order valence-corrected chi connectivity index (χ4v) is 4.51. The third kappa shape index (κ3) is 4.76. The van der Waals surface area contributed by atoms with E-state index >= 15 is 0 Å². The minimum atomic E-state index is -0.784. The lowest BCUT2D eigenvalue weighted by atomic mass is 9.77. The van der Waals surface area contributed by atoms with Crippen LogP contribution in [0.4, 0.5) is 8.78 Å². The minimum Gasteiger partial charge on any atom is -0.294 e. The molecule has 0 aliphatic heterocycles. The van der Waals surface area contributed by atoms with Gasteiger partial charge in [0.2, 0.25) is 0 Å². The Kier molecular flexibility index (Phi) is 6.55. The van der Waals surface area contributed by atoms with Gasteiger partial charge < -0.3 is 0 Å². The largest absolute Gasteiger partial charge is 0.294 e. The summed E-state index contributed by atoms with van der Waals surface area (Å²) in [4.78, 5) is 12.4. The lowest BCUT2D eigenvalue weighted by Crippen LogP contribution is -2.19. The van der Waals surface area contributed by atoms with Gasteiger partial charge in [0.05, 0.1) is 0 Å². The number of Topliss-reactive ketones (excluding diaryl/α,β-unsaturated/α-hetero) is 1. The zero-order valence-corrected chi connectivity index (χ0v) is 18.0. The standard InChI is InChI=1S/C26H32F2O/c1-5-6-17-7-9-18(10-8-17)21-15-16-22(24(28)23(21)27)19-11-13-20(14-12-19)25(29)26(2,3)4/h11-18H,5-10H2,1-4H3. The molecule has 0 saturated heterocycles. The highest BCUT2D eigenvalue weighted by molar-refractivity contribution is 6.00. The Bertz CT molecular complexity index is 854. The summed E-state index contributed by atoms with van der Waals surface area (Å²) < 4.78 is 29.8. The number of carbonyl (C=O) groups excluding carboxylic acids is 1. The zero-order chi connectivity index (χ0) is 21.2. The Balaban J connectivity index is 1.80. The van der Waals surface area contributed by atoms with Crippen LogP contribution in [0.1, 0.15) is 88.1 Å². The smallest absolute Gasteiger partial charge is 0.168 e. The molecule has 156 valence electrons. The third-order valence-electron chi connectivity index (χ3n) is 6.23. The van der Waals surface area contributed by atoms with Crippen LogP contribution in [-0.2, 0) is 0 Å². The average molecular weight is 399 g/mol. The van der Waals surface area contributed by atoms with Crippen LogP contribution in [0, 0.1) is 23.0 Å². The lowest BCUT2D eigenvalue weighted by molar-refractivity contribution is 0.0858. The number of halogens is 2. The summed E-state index contributed by atoms with van der Waals surface area (Å²) in [5.41, 5.74) is 1.46. The maximum atomic E-state index is 14.9. The van der Waals surface area contributed by atoms with Crippen molar-refractivity contribution >= 4 is 5.78 Å². The highest BCUT2D eigenvalue weighted by Gasteiger charge is 2.27. The van der Waals surface area contributed by atoms with E-state index in [9.17, 15) is 13.6 Å². The topological polar surface area (TPSA) is 17.1 Å². The normalized spacial score (nSPS) is 19.9. The third-order valence-corrected chi connectivity index (χ3v) is 6.23. The molecule has 3 heteroatoms. The Morgan fingerprint density at radius 1 is 0.931 bits per heavy atom. The molecule has 0 heterocycles. The monoisotopic (exact) mass is 398 g/mol. The van der Waals surface area contributed by atoms with Gasteiger partial charge in [-0.1, -0.05) is 76.9 Å². The van der Waals surface area contributed by atoms with Gasteiger partial charge in [-0.05, 0) is 48.6 Å². The van der Waals surface area contributed by atoms with Crippen molar-refractivity contribution < 1.29 is 13.6 Å². The van der Waals surface area contributed by atoms with Crippen LogP contribution in [-0.4, -0.2) is 5.78 Å². The maximum Gasteiger partial charge on any atom is 0.168 e. The summed E-state index contributed by atoms with van der Waals surface area (Å²) in [5, 5.41) is 0. The molecule has 0 N–H and O–H groups in total. The van der Waals surface area contributed by atoms with E-state index in [0.29, 0.717) is 16.7 Å². The van der Waals surface area contributed by atoms with Gasteiger partial charge in [0.15, 0.2) is 17.4 Å². The molecule has 0 aromatic heterocycles. The molecule has 1 aliphatic rings. The van der Waals surface area contributed by atoms with Crippen molar-refractivity contribution in [1.82, 2.24) is 0 Å². The molecule has 2 aromatic rings. The Morgan fingerprint density at radius 3 is 2.10 bits per heavy atom. The molecule has 0 atom stereocenters. The summed E-state index contributed by atoms with van der Waals surface area (Å²) in [6, 6.07) is 10.2. The summed E-state index contributed by atoms with van der Waals surface area (Å²) in [6.07, 6.45) is 6.49. The number of rotatable bonds is 5. The number of carbonyl (C=O) groups is 1. The first-order chi connectivity index (χ1) is 13.7. The molecule has 0 bridgehead atoms. The molecular weight excluding hydrogens is 366 g/mol. The molecule has 29 heavy (non-hydrogen) atoms. The molecule has 0 radical (unpaired) electrons. The average Bonchev–Trinajstić information content (AvgIpc) is 2.70. The van der Waals surface area contributed by atoms with E-state index in [1.54, 1.807) is 36.4 Å². The summed E-state index contributed by atoms with van der Waals surface area (Å²) >= 11 is 0. The van der Waals surface area contributed by atoms with Crippen LogP contribution in [0.25, 0.3) is 11.1 Å². The Morgan fingerprint density at radius 2 is 1.55 bits per heavy atom. The van der Waals surface area contributed by atoms with Crippen LogP contribution in [0.5, 0.6) is 0 Å². The molecule has 1 fully saturated rings. The molecular formula is C26H32F2O. The fourth-order valence-electron chi connectivity index (χ4n) is 4.51. The van der Waals surface area contributed by atoms with E-state index in [-0.39, 0.29) is 17.3 Å². The first kappa shape index (κ1) is 21.7. The number of hydrogen-bond acceptors (Lipinski definition) is 1. The molecule has 1 aliphatic carbocycles. The second-order valence-electron chi connectivity index (χ2n) is 9.49. The van der Waals surface area contributed by atoms with E-state index < -0.39 is 17.0 Å². The highest BCUT2D eigenvalue weighted by atomic mass is 19.2. The molecule has 0 unspecified atom stereocenters. The Hall–Kier alpha value is -2.03. The van der Waals surface area contributed by atoms with Crippen molar-refractivity contribution in [2.75, 3.05) is 0 Å². The van der Waals surface area contributed by atoms with Gasteiger partial charge in [-0.3, -0.25) is 4.79 Å². The van der Waals surface area contributed by atoms with Crippen molar-refractivity contribution in [3.63, 3.8) is 0 Å². The van der Waals surface area contributed by atoms with Crippen molar-refractivity contribution in [2.45, 2.75) is 72.1 Å². The molecule has 1 saturated carbocycles. The first-order valence-corrected chi connectivity index (χ1v) is 10.9. The summed E-state index contributed by atoms with van der Waals surface area (Å²) in [5.74, 6) is -0.620. The van der Waals surface area contributed by atoms with E-state index in [0.717, 1.165) is 31.6 Å². The van der Waals surface area contributed by atoms with E-state index in [2.05, 4.69) is 6.92 Å². The van der Waals surface area contributed by atoms with Gasteiger partial charge in [0.25, 0.3) is 0 Å². The van der Waals surface area contributed by atoms with Gasteiger partial charge in [-0.25, -0.2) is 8.78 Å². The van der Waals surface area contributed by atoms with E-state index in [4.69, 9.17) is 0 Å². The van der Waals surface area contributed by atoms with Gasteiger partial charge in [0.1, 0.15) is 0 Å². The van der Waals surface area contributed by atoms with Crippen LogP contribution in [0.2, 0.25) is 0 Å². The van der Waals surface area contributed by atoms with E-state index in [1.165, 1.54) is 12.8 Å². The number of ketones is 1. The van der Waals surface area contributed by atoms with Gasteiger partial charge in [0, 0.05) is 16.5 Å². The summed E-state index contributed by atoms with van der Waals surface area (Å²) in [7, 11) is 0. The van der Waals surface area contributed by atoms with Crippen LogP contribution in [0.15, 0.2) is 36.4 Å². The fraction of sp³-hybridized carbons (Fsp3) is 0.500.